The lowest BCUT2D eigenvalue weighted by atomic mass is 9.56. The molecule has 0 bridgehead atoms. The topological polar surface area (TPSA) is 182 Å². The predicted molar refractivity (Wildman–Crippen MR) is 131 cm³/mol. The van der Waals surface area contributed by atoms with Gasteiger partial charge in [0.15, 0.2) is 11.4 Å². The molecule has 1 fully saturated rings. The molecule has 0 heterocycles. The van der Waals surface area contributed by atoms with Crippen molar-refractivity contribution in [2.24, 2.45) is 17.6 Å². The number of Topliss-reactive ketones (excluding diaryl/α,β-unsaturated/α-hetero) is 2. The van der Waals surface area contributed by atoms with E-state index < -0.39 is 69.7 Å². The van der Waals surface area contributed by atoms with Crippen LogP contribution in [0.3, 0.4) is 0 Å². The van der Waals surface area contributed by atoms with Crippen LogP contribution in [0.4, 0.5) is 0 Å². The molecule has 0 spiro atoms. The van der Waals surface area contributed by atoms with Crippen molar-refractivity contribution in [3.63, 3.8) is 0 Å². The first kappa shape index (κ1) is 24.7. The van der Waals surface area contributed by atoms with Gasteiger partial charge in [-0.1, -0.05) is 42.5 Å². The Kier molecular flexibility index (Phi) is 5.52. The molecule has 5 atom stereocenters. The average molecular weight is 507 g/mol. The van der Waals surface area contributed by atoms with Crippen molar-refractivity contribution in [2.45, 2.75) is 24.2 Å². The SMILES string of the molecule is CN(C)[C@H]1C(=O)C(C(N)=O)=C(O)[C@]2(O)C(=O)C3=C(O)c4c(ccc(-c5ccccc5)c4O)C[C@@H]3[C@@H](O)[C@H]12. The Morgan fingerprint density at radius 2 is 1.70 bits per heavy atom. The number of fused-ring (bicyclic) bond motifs is 3. The molecule has 0 radical (unpaired) electrons. The molecule has 192 valence electrons. The summed E-state index contributed by atoms with van der Waals surface area (Å²) in [4.78, 5) is 40.4. The van der Waals surface area contributed by atoms with Gasteiger partial charge in [0.2, 0.25) is 5.78 Å². The molecule has 0 unspecified atom stereocenters. The molecule has 10 heteroatoms. The lowest BCUT2D eigenvalue weighted by Gasteiger charge is -2.52. The molecule has 1 amide bonds. The van der Waals surface area contributed by atoms with Crippen LogP contribution in [-0.4, -0.2) is 79.7 Å². The fourth-order valence-electron chi connectivity index (χ4n) is 6.08. The number of ketones is 2. The van der Waals surface area contributed by atoms with Gasteiger partial charge in [0.05, 0.1) is 23.6 Å². The fourth-order valence-corrected chi connectivity index (χ4v) is 6.08. The van der Waals surface area contributed by atoms with E-state index in [1.54, 1.807) is 42.5 Å². The third kappa shape index (κ3) is 3.19. The van der Waals surface area contributed by atoms with Crippen LogP contribution < -0.4 is 5.73 Å². The number of nitrogens with zero attached hydrogens (tertiary/aromatic N) is 1. The minimum atomic E-state index is -2.92. The van der Waals surface area contributed by atoms with Gasteiger partial charge in [-0.05, 0) is 31.6 Å². The van der Waals surface area contributed by atoms with E-state index in [1.807, 2.05) is 0 Å². The molecular formula is C27H26N2O8. The number of hydrogen-bond acceptors (Lipinski definition) is 9. The van der Waals surface area contributed by atoms with Crippen molar-refractivity contribution in [2.75, 3.05) is 14.1 Å². The van der Waals surface area contributed by atoms with E-state index in [2.05, 4.69) is 0 Å². The van der Waals surface area contributed by atoms with Crippen LogP contribution >= 0.6 is 0 Å². The Balaban J connectivity index is 1.75. The molecule has 1 saturated carbocycles. The predicted octanol–water partition coefficient (Wildman–Crippen LogP) is 0.602. The first-order valence-electron chi connectivity index (χ1n) is 11.7. The second-order valence-corrected chi connectivity index (χ2v) is 9.91. The molecule has 3 aliphatic carbocycles. The standard InChI is InChI=1S/C27H26N2O8/c1-29(2)19-18-21(31)14-10-12-8-9-13(11-6-4-3-5-7-11)20(30)15(12)22(32)16(14)24(34)27(18,37)25(35)17(23(19)33)26(28)36/h3-9,14,18-19,21,30-32,35,37H,10H2,1-2H3,(H2,28,36)/t14-,18-,19+,21+,27+/m0/s1. The number of hydrogen-bond donors (Lipinski definition) is 6. The van der Waals surface area contributed by atoms with Gasteiger partial charge in [-0.15, -0.1) is 0 Å². The number of benzene rings is 2. The largest absolute Gasteiger partial charge is 0.508 e. The second kappa shape index (κ2) is 8.27. The van der Waals surface area contributed by atoms with E-state index in [-0.39, 0.29) is 17.7 Å². The zero-order valence-corrected chi connectivity index (χ0v) is 20.0. The number of likely N-dealkylation sites (N-methyl/N-ethyl adjacent to an activating group) is 1. The zero-order chi connectivity index (χ0) is 27.0. The van der Waals surface area contributed by atoms with Gasteiger partial charge >= 0.3 is 0 Å². The maximum absolute atomic E-state index is 13.9. The molecule has 37 heavy (non-hydrogen) atoms. The van der Waals surface area contributed by atoms with Crippen molar-refractivity contribution in [1.29, 1.82) is 0 Å². The average Bonchev–Trinajstić information content (AvgIpc) is 2.84. The van der Waals surface area contributed by atoms with Crippen molar-refractivity contribution < 1.29 is 39.9 Å². The van der Waals surface area contributed by atoms with Crippen molar-refractivity contribution in [3.05, 3.63) is 70.5 Å². The highest BCUT2D eigenvalue weighted by atomic mass is 16.4. The first-order valence-corrected chi connectivity index (χ1v) is 11.7. The maximum atomic E-state index is 13.9. The number of nitrogens with two attached hydrogens (primary N) is 1. The highest BCUT2D eigenvalue weighted by Crippen LogP contribution is 2.53. The molecule has 2 aromatic rings. The third-order valence-electron chi connectivity index (χ3n) is 7.76. The van der Waals surface area contributed by atoms with E-state index in [0.717, 1.165) is 0 Å². The molecular weight excluding hydrogens is 480 g/mol. The summed E-state index contributed by atoms with van der Waals surface area (Å²) in [7, 11) is 2.92. The van der Waals surface area contributed by atoms with Gasteiger partial charge in [0.1, 0.15) is 22.8 Å². The Morgan fingerprint density at radius 1 is 1.05 bits per heavy atom. The summed E-state index contributed by atoms with van der Waals surface area (Å²) in [6.45, 7) is 0. The van der Waals surface area contributed by atoms with Crippen LogP contribution in [0.1, 0.15) is 11.1 Å². The number of rotatable bonds is 3. The summed E-state index contributed by atoms with van der Waals surface area (Å²) in [6, 6.07) is 10.8. The summed E-state index contributed by atoms with van der Waals surface area (Å²) in [5, 5.41) is 56.4. The molecule has 7 N–H and O–H groups in total. The highest BCUT2D eigenvalue weighted by molar-refractivity contribution is 6.24. The Labute approximate surface area is 211 Å². The van der Waals surface area contributed by atoms with Crippen molar-refractivity contribution in [3.8, 4) is 16.9 Å². The normalized spacial score (nSPS) is 29.2. The molecule has 2 aromatic carbocycles. The van der Waals surface area contributed by atoms with Gasteiger partial charge in [-0.3, -0.25) is 19.3 Å². The van der Waals surface area contributed by atoms with Crippen LogP contribution in [0.15, 0.2) is 59.4 Å². The lowest BCUT2D eigenvalue weighted by Crippen LogP contribution is -2.70. The Morgan fingerprint density at radius 3 is 2.30 bits per heavy atom. The van der Waals surface area contributed by atoms with Crippen LogP contribution in [0, 0.1) is 11.8 Å². The number of amides is 1. The summed E-state index contributed by atoms with van der Waals surface area (Å²) in [5.41, 5.74) is 2.49. The number of primary amides is 1. The Hall–Kier alpha value is -3.99. The maximum Gasteiger partial charge on any atom is 0.255 e. The smallest absolute Gasteiger partial charge is 0.255 e. The fraction of sp³-hybridized carbons (Fsp3) is 0.296. The molecule has 0 aliphatic heterocycles. The second-order valence-electron chi connectivity index (χ2n) is 9.91. The number of carbonyl (C=O) groups excluding carboxylic acids is 3. The van der Waals surface area contributed by atoms with Gasteiger partial charge in [-0.2, -0.15) is 0 Å². The molecule has 3 aliphatic rings. The van der Waals surface area contributed by atoms with E-state index >= 15 is 0 Å². The third-order valence-corrected chi connectivity index (χ3v) is 7.76. The van der Waals surface area contributed by atoms with Gasteiger partial charge < -0.3 is 31.3 Å². The summed E-state index contributed by atoms with van der Waals surface area (Å²) >= 11 is 0. The molecule has 10 nitrogen and oxygen atoms in total. The van der Waals surface area contributed by atoms with E-state index in [9.17, 15) is 39.9 Å². The minimum absolute atomic E-state index is 0.00165. The van der Waals surface area contributed by atoms with Crippen LogP contribution in [0.25, 0.3) is 16.9 Å². The summed E-state index contributed by atoms with van der Waals surface area (Å²) < 4.78 is 0. The molecule has 5 rings (SSSR count). The monoisotopic (exact) mass is 506 g/mol. The van der Waals surface area contributed by atoms with Crippen LogP contribution in [0.2, 0.25) is 0 Å². The number of phenolic OH excluding ortho intramolecular Hbond substituents is 1. The van der Waals surface area contributed by atoms with E-state index in [4.69, 9.17) is 5.73 Å². The number of aliphatic hydroxyl groups is 4. The van der Waals surface area contributed by atoms with Gasteiger partial charge in [0, 0.05) is 17.1 Å². The number of aromatic hydroxyl groups is 1. The summed E-state index contributed by atoms with van der Waals surface area (Å²) in [6.07, 6.45) is -1.60. The van der Waals surface area contributed by atoms with Gasteiger partial charge in [0.25, 0.3) is 5.91 Å². The quantitative estimate of drug-likeness (QED) is 0.325. The van der Waals surface area contributed by atoms with E-state index in [0.29, 0.717) is 16.7 Å². The minimum Gasteiger partial charge on any atom is -0.508 e. The van der Waals surface area contributed by atoms with Crippen molar-refractivity contribution >= 4 is 23.2 Å². The Bertz CT molecular complexity index is 1430. The van der Waals surface area contributed by atoms with Crippen molar-refractivity contribution in [1.82, 2.24) is 4.90 Å². The number of carbonyl (C=O) groups is 3. The number of phenols is 1. The highest BCUT2D eigenvalue weighted by Gasteiger charge is 2.67. The van der Waals surface area contributed by atoms with E-state index in [1.165, 1.54) is 19.0 Å². The molecule has 0 aromatic heterocycles. The first-order chi connectivity index (χ1) is 17.4. The lowest BCUT2D eigenvalue weighted by molar-refractivity contribution is -0.168. The summed E-state index contributed by atoms with van der Waals surface area (Å²) in [5.74, 6) is -8.32. The number of aliphatic hydroxyl groups excluding tert-OH is 3. The van der Waals surface area contributed by atoms with Gasteiger partial charge in [-0.25, -0.2) is 0 Å². The van der Waals surface area contributed by atoms with Crippen LogP contribution in [0.5, 0.6) is 5.75 Å². The van der Waals surface area contributed by atoms with Crippen LogP contribution in [-0.2, 0) is 20.8 Å². The molecule has 0 saturated heterocycles. The zero-order valence-electron chi connectivity index (χ0n) is 20.0.